The van der Waals surface area contributed by atoms with Crippen LogP contribution in [0.2, 0.25) is 0 Å². The number of hydrogen-bond acceptors (Lipinski definition) is 6. The highest BCUT2D eigenvalue weighted by molar-refractivity contribution is 7.89. The number of esters is 1. The number of ether oxygens (including phenoxy) is 2. The third-order valence-electron chi connectivity index (χ3n) is 6.17. The van der Waals surface area contributed by atoms with Gasteiger partial charge in [0.05, 0.1) is 23.6 Å². The van der Waals surface area contributed by atoms with E-state index in [1.807, 2.05) is 18.2 Å². The van der Waals surface area contributed by atoms with E-state index in [-0.39, 0.29) is 22.5 Å². The van der Waals surface area contributed by atoms with Gasteiger partial charge in [-0.25, -0.2) is 13.2 Å². The molecule has 0 bridgehead atoms. The van der Waals surface area contributed by atoms with Gasteiger partial charge in [0.2, 0.25) is 10.0 Å². The molecule has 184 valence electrons. The highest BCUT2D eigenvalue weighted by atomic mass is 32.2. The molecule has 1 N–H and O–H groups in total. The van der Waals surface area contributed by atoms with Crippen LogP contribution >= 0.6 is 0 Å². The van der Waals surface area contributed by atoms with Crippen LogP contribution in [0.5, 0.6) is 5.75 Å². The molecule has 2 aromatic carbocycles. The van der Waals surface area contributed by atoms with Gasteiger partial charge in [-0.1, -0.05) is 37.5 Å². The van der Waals surface area contributed by atoms with Crippen molar-refractivity contribution in [1.29, 1.82) is 0 Å². The highest BCUT2D eigenvalue weighted by Gasteiger charge is 2.29. The molecule has 0 radical (unpaired) electrons. The number of sulfonamides is 1. The number of nitrogens with zero attached hydrogens (tertiary/aromatic N) is 1. The summed E-state index contributed by atoms with van der Waals surface area (Å²) in [6, 6.07) is 12.6. The molecule has 3 rings (SSSR count). The zero-order valence-corrected chi connectivity index (χ0v) is 20.6. The topological polar surface area (TPSA) is 102 Å². The fourth-order valence-electron chi connectivity index (χ4n) is 4.17. The normalized spacial score (nSPS) is 15.5. The van der Waals surface area contributed by atoms with Crippen LogP contribution in [0.3, 0.4) is 0 Å². The Morgan fingerprint density at radius 1 is 1.06 bits per heavy atom. The molecule has 1 amide bonds. The van der Waals surface area contributed by atoms with Crippen molar-refractivity contribution in [2.75, 3.05) is 20.8 Å². The standard InChI is InChI=1S/C25H32N2O6S/c1-18(22-11-7-8-12-23(22)32-3)26-24(28)17-33-25(29)19-13-15-21(16-14-19)34(30,31)27(2)20-9-5-4-6-10-20/h7-8,11-16,18,20H,4-6,9-10,17H2,1-3H3,(H,26,28). The summed E-state index contributed by atoms with van der Waals surface area (Å²) >= 11 is 0. The number of carbonyl (C=O) groups is 2. The summed E-state index contributed by atoms with van der Waals surface area (Å²) in [5.41, 5.74) is 0.976. The predicted octanol–water partition coefficient (Wildman–Crippen LogP) is 3.68. The van der Waals surface area contributed by atoms with Gasteiger partial charge in [0.25, 0.3) is 5.91 Å². The van der Waals surface area contributed by atoms with Crippen LogP contribution in [0.25, 0.3) is 0 Å². The number of para-hydroxylation sites is 1. The lowest BCUT2D eigenvalue weighted by atomic mass is 9.96. The largest absolute Gasteiger partial charge is 0.496 e. The average molecular weight is 489 g/mol. The molecule has 1 atom stereocenters. The zero-order chi connectivity index (χ0) is 24.7. The highest BCUT2D eigenvalue weighted by Crippen LogP contribution is 2.27. The van der Waals surface area contributed by atoms with Gasteiger partial charge < -0.3 is 14.8 Å². The van der Waals surface area contributed by atoms with E-state index in [1.54, 1.807) is 27.1 Å². The summed E-state index contributed by atoms with van der Waals surface area (Å²) in [6.07, 6.45) is 4.91. The van der Waals surface area contributed by atoms with Gasteiger partial charge in [0.1, 0.15) is 5.75 Å². The first-order valence-electron chi connectivity index (χ1n) is 11.4. The molecular weight excluding hydrogens is 456 g/mol. The monoisotopic (exact) mass is 488 g/mol. The van der Waals surface area contributed by atoms with Crippen LogP contribution in [-0.2, 0) is 19.6 Å². The molecule has 0 aliphatic heterocycles. The van der Waals surface area contributed by atoms with E-state index in [4.69, 9.17) is 9.47 Å². The first-order valence-corrected chi connectivity index (χ1v) is 12.9. The van der Waals surface area contributed by atoms with Crippen molar-refractivity contribution in [2.24, 2.45) is 0 Å². The van der Waals surface area contributed by atoms with E-state index >= 15 is 0 Å². The van der Waals surface area contributed by atoms with Crippen molar-refractivity contribution >= 4 is 21.9 Å². The number of carbonyl (C=O) groups excluding carboxylic acids is 2. The number of methoxy groups -OCH3 is 1. The molecule has 1 aliphatic carbocycles. The summed E-state index contributed by atoms with van der Waals surface area (Å²) in [7, 11) is -0.481. The molecule has 9 heteroatoms. The van der Waals surface area contributed by atoms with E-state index in [0.29, 0.717) is 5.75 Å². The lowest BCUT2D eigenvalue weighted by Gasteiger charge is -2.30. The van der Waals surface area contributed by atoms with Crippen LogP contribution in [0.1, 0.15) is 61.0 Å². The van der Waals surface area contributed by atoms with Crippen molar-refractivity contribution in [3.05, 3.63) is 59.7 Å². The quantitative estimate of drug-likeness (QED) is 0.540. The third kappa shape index (κ3) is 6.15. The van der Waals surface area contributed by atoms with E-state index in [9.17, 15) is 18.0 Å². The van der Waals surface area contributed by atoms with Gasteiger partial charge in [-0.15, -0.1) is 0 Å². The second kappa shape index (κ2) is 11.5. The van der Waals surface area contributed by atoms with Crippen LogP contribution in [0.4, 0.5) is 0 Å². The molecular formula is C25H32N2O6S. The Labute approximate surface area is 201 Å². The fourth-order valence-corrected chi connectivity index (χ4v) is 5.59. The minimum absolute atomic E-state index is 0.000139. The number of benzene rings is 2. The first-order chi connectivity index (χ1) is 16.2. The van der Waals surface area contributed by atoms with Gasteiger partial charge in [-0.2, -0.15) is 4.31 Å². The van der Waals surface area contributed by atoms with Crippen LogP contribution < -0.4 is 10.1 Å². The number of rotatable bonds is 9. The summed E-state index contributed by atoms with van der Waals surface area (Å²) in [4.78, 5) is 24.7. The molecule has 2 aromatic rings. The van der Waals surface area contributed by atoms with Crippen LogP contribution in [-0.4, -0.2) is 51.4 Å². The minimum Gasteiger partial charge on any atom is -0.496 e. The SMILES string of the molecule is COc1ccccc1C(C)NC(=O)COC(=O)c1ccc(S(=O)(=O)N(C)C2CCCCC2)cc1. The van der Waals surface area contributed by atoms with Crippen molar-refractivity contribution in [1.82, 2.24) is 9.62 Å². The maximum absolute atomic E-state index is 12.9. The van der Waals surface area contributed by atoms with Gasteiger partial charge in [-0.05, 0) is 50.1 Å². The molecule has 0 heterocycles. The summed E-state index contributed by atoms with van der Waals surface area (Å²) in [5, 5.41) is 2.77. The smallest absolute Gasteiger partial charge is 0.338 e. The number of nitrogens with one attached hydrogen (secondary N) is 1. The Morgan fingerprint density at radius 2 is 1.71 bits per heavy atom. The van der Waals surface area contributed by atoms with E-state index in [0.717, 1.165) is 37.7 Å². The Kier molecular flexibility index (Phi) is 8.68. The minimum atomic E-state index is -3.65. The van der Waals surface area contributed by atoms with Gasteiger partial charge in [0, 0.05) is 18.7 Å². The van der Waals surface area contributed by atoms with Crippen LogP contribution in [0, 0.1) is 0 Å². The van der Waals surface area contributed by atoms with Crippen LogP contribution in [0.15, 0.2) is 53.4 Å². The van der Waals surface area contributed by atoms with Crippen molar-refractivity contribution in [3.63, 3.8) is 0 Å². The molecule has 1 fully saturated rings. The number of hydrogen-bond donors (Lipinski definition) is 1. The van der Waals surface area contributed by atoms with E-state index in [1.165, 1.54) is 28.6 Å². The van der Waals surface area contributed by atoms with Crippen molar-refractivity contribution < 1.29 is 27.5 Å². The predicted molar refractivity (Wildman–Crippen MR) is 128 cm³/mol. The fraction of sp³-hybridized carbons (Fsp3) is 0.440. The second-order valence-electron chi connectivity index (χ2n) is 8.44. The van der Waals surface area contributed by atoms with Crippen molar-refractivity contribution in [3.8, 4) is 5.75 Å². The van der Waals surface area contributed by atoms with Gasteiger partial charge in [-0.3, -0.25) is 4.79 Å². The zero-order valence-electron chi connectivity index (χ0n) is 19.8. The molecule has 1 saturated carbocycles. The number of amides is 1. The van der Waals surface area contributed by atoms with Gasteiger partial charge in [0.15, 0.2) is 6.61 Å². The lowest BCUT2D eigenvalue weighted by molar-refractivity contribution is -0.124. The maximum atomic E-state index is 12.9. The van der Waals surface area contributed by atoms with Crippen molar-refractivity contribution in [2.45, 2.75) is 56.0 Å². The Bertz CT molecular complexity index is 1090. The maximum Gasteiger partial charge on any atom is 0.338 e. The molecule has 0 saturated heterocycles. The summed E-state index contributed by atoms with van der Waals surface area (Å²) in [6.45, 7) is 1.35. The van der Waals surface area contributed by atoms with E-state index in [2.05, 4.69) is 5.32 Å². The first kappa shape index (κ1) is 25.7. The molecule has 0 spiro atoms. The molecule has 0 aromatic heterocycles. The van der Waals surface area contributed by atoms with Gasteiger partial charge >= 0.3 is 5.97 Å². The van der Waals surface area contributed by atoms with E-state index < -0.39 is 28.5 Å². The Hall–Kier alpha value is -2.91. The Morgan fingerprint density at radius 3 is 2.35 bits per heavy atom. The Balaban J connectivity index is 1.55. The molecule has 1 unspecified atom stereocenters. The summed E-state index contributed by atoms with van der Waals surface area (Å²) in [5.74, 6) is -0.513. The average Bonchev–Trinajstić information content (AvgIpc) is 2.87. The second-order valence-corrected chi connectivity index (χ2v) is 10.4. The third-order valence-corrected chi connectivity index (χ3v) is 8.10. The lowest BCUT2D eigenvalue weighted by Crippen LogP contribution is -2.38. The molecule has 8 nitrogen and oxygen atoms in total. The molecule has 34 heavy (non-hydrogen) atoms. The molecule has 1 aliphatic rings. The summed E-state index contributed by atoms with van der Waals surface area (Å²) < 4.78 is 37.7.